The van der Waals surface area contributed by atoms with Gasteiger partial charge in [-0.3, -0.25) is 9.59 Å². The zero-order valence-corrected chi connectivity index (χ0v) is 21.1. The Morgan fingerprint density at radius 3 is 2.14 bits per heavy atom. The van der Waals surface area contributed by atoms with E-state index in [4.69, 9.17) is 18.9 Å². The first-order valence-corrected chi connectivity index (χ1v) is 11.9. The maximum absolute atomic E-state index is 14.0. The van der Waals surface area contributed by atoms with E-state index >= 15 is 0 Å². The van der Waals surface area contributed by atoms with Crippen molar-refractivity contribution in [3.8, 4) is 23.0 Å². The van der Waals surface area contributed by atoms with Crippen LogP contribution in [0.2, 0.25) is 0 Å². The SMILES string of the molecule is COc1ccc(/C=C2\NC(=O)[C@@H]3Cc4cc(OC)c(OC)cc4[C@@H](c4ccccc4)N3C2=O)cc1OC. The Hall–Kier alpha value is -4.46. The van der Waals surface area contributed by atoms with Crippen molar-refractivity contribution >= 4 is 17.9 Å². The van der Waals surface area contributed by atoms with Crippen LogP contribution in [0, 0.1) is 0 Å². The average molecular weight is 501 g/mol. The predicted molar refractivity (Wildman–Crippen MR) is 138 cm³/mol. The minimum Gasteiger partial charge on any atom is -0.493 e. The summed E-state index contributed by atoms with van der Waals surface area (Å²) in [5.41, 5.74) is 3.61. The molecule has 2 aliphatic rings. The third-order valence-electron chi connectivity index (χ3n) is 6.83. The van der Waals surface area contributed by atoms with Gasteiger partial charge in [-0.1, -0.05) is 36.4 Å². The van der Waals surface area contributed by atoms with Gasteiger partial charge >= 0.3 is 0 Å². The fourth-order valence-corrected chi connectivity index (χ4v) is 5.07. The average Bonchev–Trinajstić information content (AvgIpc) is 2.94. The molecular formula is C29H28N2O6. The second-order valence-corrected chi connectivity index (χ2v) is 8.81. The van der Waals surface area contributed by atoms with E-state index in [1.54, 1.807) is 57.6 Å². The molecule has 190 valence electrons. The van der Waals surface area contributed by atoms with Gasteiger partial charge in [0.1, 0.15) is 11.7 Å². The van der Waals surface area contributed by atoms with Crippen molar-refractivity contribution in [2.24, 2.45) is 0 Å². The number of hydrogen-bond acceptors (Lipinski definition) is 6. The first-order valence-electron chi connectivity index (χ1n) is 11.9. The summed E-state index contributed by atoms with van der Waals surface area (Å²) in [6.07, 6.45) is 2.02. The first kappa shape index (κ1) is 24.2. The van der Waals surface area contributed by atoms with Gasteiger partial charge in [-0.25, -0.2) is 0 Å². The third-order valence-corrected chi connectivity index (χ3v) is 6.83. The van der Waals surface area contributed by atoms with Crippen LogP contribution in [0.1, 0.15) is 28.3 Å². The van der Waals surface area contributed by atoms with Crippen LogP contribution in [-0.2, 0) is 16.0 Å². The predicted octanol–water partition coefficient (Wildman–Crippen LogP) is 3.73. The Morgan fingerprint density at radius 1 is 0.811 bits per heavy atom. The molecule has 1 saturated heterocycles. The fourth-order valence-electron chi connectivity index (χ4n) is 5.07. The number of carbonyl (C=O) groups excluding carboxylic acids is 2. The van der Waals surface area contributed by atoms with Gasteiger partial charge in [-0.05, 0) is 52.6 Å². The molecule has 2 aliphatic heterocycles. The first-order chi connectivity index (χ1) is 18.0. The Labute approximate surface area is 215 Å². The van der Waals surface area contributed by atoms with Crippen molar-refractivity contribution in [1.29, 1.82) is 0 Å². The molecule has 1 N–H and O–H groups in total. The molecule has 0 aromatic heterocycles. The number of hydrogen-bond donors (Lipinski definition) is 1. The molecule has 5 rings (SSSR count). The van der Waals surface area contributed by atoms with Crippen molar-refractivity contribution in [2.75, 3.05) is 28.4 Å². The molecule has 3 aromatic rings. The van der Waals surface area contributed by atoms with Crippen molar-refractivity contribution in [1.82, 2.24) is 10.2 Å². The summed E-state index contributed by atoms with van der Waals surface area (Å²) in [4.78, 5) is 29.1. The van der Waals surface area contributed by atoms with Crippen LogP contribution in [-0.4, -0.2) is 51.2 Å². The van der Waals surface area contributed by atoms with Gasteiger partial charge in [-0.15, -0.1) is 0 Å². The molecule has 8 heteroatoms. The highest BCUT2D eigenvalue weighted by molar-refractivity contribution is 6.08. The van der Waals surface area contributed by atoms with Crippen LogP contribution in [0.3, 0.4) is 0 Å². The molecule has 8 nitrogen and oxygen atoms in total. The normalized spacial score (nSPS) is 19.6. The Morgan fingerprint density at radius 2 is 1.46 bits per heavy atom. The number of fused-ring (bicyclic) bond motifs is 2. The standard InChI is InChI=1S/C29H28N2O6/c1-34-23-11-10-17(13-24(23)35-2)12-21-29(33)31-22(28(32)30-21)14-19-15-25(36-3)26(37-4)16-20(19)27(31)18-8-6-5-7-9-18/h5-13,15-16,22,27H,14H2,1-4H3,(H,30,32)/b21-12-/t22-,27+/m0/s1. The van der Waals surface area contributed by atoms with E-state index in [0.29, 0.717) is 35.0 Å². The van der Waals surface area contributed by atoms with Gasteiger partial charge in [0.25, 0.3) is 5.91 Å². The summed E-state index contributed by atoms with van der Waals surface area (Å²) in [5, 5.41) is 2.84. The minimum atomic E-state index is -0.675. The van der Waals surface area contributed by atoms with Crippen LogP contribution in [0.5, 0.6) is 23.0 Å². The van der Waals surface area contributed by atoms with Crippen LogP contribution in [0.15, 0.2) is 66.4 Å². The Bertz CT molecular complexity index is 1380. The van der Waals surface area contributed by atoms with Gasteiger partial charge in [-0.2, -0.15) is 0 Å². The lowest BCUT2D eigenvalue weighted by Crippen LogP contribution is -2.60. The van der Waals surface area contributed by atoms with Gasteiger partial charge in [0.2, 0.25) is 5.91 Å². The number of carbonyl (C=O) groups is 2. The second-order valence-electron chi connectivity index (χ2n) is 8.81. The zero-order chi connectivity index (χ0) is 26.1. The monoisotopic (exact) mass is 500 g/mol. The molecule has 2 atom stereocenters. The van der Waals surface area contributed by atoms with E-state index in [1.165, 1.54) is 0 Å². The summed E-state index contributed by atoms with van der Waals surface area (Å²) in [6, 6.07) is 17.7. The second kappa shape index (κ2) is 9.89. The topological polar surface area (TPSA) is 86.3 Å². The van der Waals surface area contributed by atoms with Gasteiger partial charge in [0.05, 0.1) is 34.5 Å². The number of piperazine rings is 1. The van der Waals surface area contributed by atoms with Crippen LogP contribution < -0.4 is 24.3 Å². The highest BCUT2D eigenvalue weighted by atomic mass is 16.5. The summed E-state index contributed by atoms with van der Waals surface area (Å²) in [7, 11) is 6.27. The van der Waals surface area contributed by atoms with Crippen LogP contribution in [0.4, 0.5) is 0 Å². The lowest BCUT2D eigenvalue weighted by molar-refractivity contribution is -0.144. The zero-order valence-electron chi connectivity index (χ0n) is 21.1. The molecule has 0 spiro atoms. The number of benzene rings is 3. The summed E-state index contributed by atoms with van der Waals surface area (Å²) in [6.45, 7) is 0. The van der Waals surface area contributed by atoms with E-state index in [1.807, 2.05) is 42.5 Å². The maximum Gasteiger partial charge on any atom is 0.271 e. The Kier molecular flexibility index (Phi) is 6.48. The molecular weight excluding hydrogens is 472 g/mol. The van der Waals surface area contributed by atoms with Crippen molar-refractivity contribution in [3.63, 3.8) is 0 Å². The molecule has 1 fully saturated rings. The number of nitrogens with zero attached hydrogens (tertiary/aromatic N) is 1. The number of amides is 2. The number of nitrogens with one attached hydrogen (secondary N) is 1. The van der Waals surface area contributed by atoms with Crippen LogP contribution in [0.25, 0.3) is 6.08 Å². The largest absolute Gasteiger partial charge is 0.493 e. The molecule has 37 heavy (non-hydrogen) atoms. The molecule has 0 radical (unpaired) electrons. The number of rotatable bonds is 6. The van der Waals surface area contributed by atoms with E-state index in [9.17, 15) is 9.59 Å². The quantitative estimate of drug-likeness (QED) is 0.519. The highest BCUT2D eigenvalue weighted by Crippen LogP contribution is 2.44. The van der Waals surface area contributed by atoms with Gasteiger partial charge in [0.15, 0.2) is 23.0 Å². The van der Waals surface area contributed by atoms with Crippen molar-refractivity contribution in [2.45, 2.75) is 18.5 Å². The van der Waals surface area contributed by atoms with Gasteiger partial charge < -0.3 is 29.2 Å². The van der Waals surface area contributed by atoms with E-state index in [0.717, 1.165) is 16.7 Å². The van der Waals surface area contributed by atoms with E-state index in [2.05, 4.69) is 5.32 Å². The van der Waals surface area contributed by atoms with E-state index < -0.39 is 12.1 Å². The smallest absolute Gasteiger partial charge is 0.271 e. The molecule has 0 bridgehead atoms. The number of ether oxygens (including phenoxy) is 4. The summed E-state index contributed by atoms with van der Waals surface area (Å²) >= 11 is 0. The molecule has 3 aromatic carbocycles. The highest BCUT2D eigenvalue weighted by Gasteiger charge is 2.46. The summed E-state index contributed by atoms with van der Waals surface area (Å²) in [5.74, 6) is 1.74. The number of methoxy groups -OCH3 is 4. The Balaban J connectivity index is 1.63. The fraction of sp³-hybridized carbons (Fsp3) is 0.241. The van der Waals surface area contributed by atoms with Gasteiger partial charge in [0, 0.05) is 6.42 Å². The van der Waals surface area contributed by atoms with E-state index in [-0.39, 0.29) is 17.5 Å². The maximum atomic E-state index is 14.0. The summed E-state index contributed by atoms with van der Waals surface area (Å²) < 4.78 is 21.8. The molecule has 2 amide bonds. The minimum absolute atomic E-state index is 0.193. The van der Waals surface area contributed by atoms with Crippen molar-refractivity contribution < 1.29 is 28.5 Å². The lowest BCUT2D eigenvalue weighted by atomic mass is 9.82. The van der Waals surface area contributed by atoms with Crippen LogP contribution >= 0.6 is 0 Å². The lowest BCUT2D eigenvalue weighted by Gasteiger charge is -2.45. The molecule has 0 aliphatic carbocycles. The van der Waals surface area contributed by atoms with Crippen molar-refractivity contribution in [3.05, 3.63) is 88.6 Å². The molecule has 0 unspecified atom stereocenters. The molecule has 2 heterocycles. The molecule has 0 saturated carbocycles. The third kappa shape index (κ3) is 4.24.